The first-order valence-electron chi connectivity index (χ1n) is 10.4. The van der Waals surface area contributed by atoms with Gasteiger partial charge in [0.15, 0.2) is 0 Å². The van der Waals surface area contributed by atoms with Gasteiger partial charge in [0, 0.05) is 56.5 Å². The van der Waals surface area contributed by atoms with E-state index in [9.17, 15) is 4.79 Å². The molecule has 4 heterocycles. The number of fused-ring (bicyclic) bond motifs is 2. The molecule has 0 saturated carbocycles. The van der Waals surface area contributed by atoms with Crippen LogP contribution in [0.3, 0.4) is 0 Å². The van der Waals surface area contributed by atoms with Crippen LogP contribution in [0, 0.1) is 11.3 Å². The van der Waals surface area contributed by atoms with Crippen LogP contribution in [0.1, 0.15) is 0 Å². The lowest BCUT2D eigenvalue weighted by Gasteiger charge is -2.32. The lowest BCUT2D eigenvalue weighted by Crippen LogP contribution is -2.43. The zero-order valence-electron chi connectivity index (χ0n) is 17.5. The molecule has 2 fully saturated rings. The van der Waals surface area contributed by atoms with Gasteiger partial charge >= 0.3 is 0 Å². The number of nitrogens with zero attached hydrogens (tertiary/aromatic N) is 7. The predicted molar refractivity (Wildman–Crippen MR) is 115 cm³/mol. The first-order valence-corrected chi connectivity index (χ1v) is 10.4. The Labute approximate surface area is 176 Å². The summed E-state index contributed by atoms with van der Waals surface area (Å²) in [5.74, 6) is 1.48. The van der Waals surface area contributed by atoms with E-state index in [1.165, 1.54) is 0 Å². The third-order valence-corrected chi connectivity index (χ3v) is 6.36. The van der Waals surface area contributed by atoms with Crippen LogP contribution in [0.5, 0.6) is 0 Å². The second kappa shape index (κ2) is 7.36. The number of hydrogen-bond donors (Lipinski definition) is 0. The summed E-state index contributed by atoms with van der Waals surface area (Å²) in [5.41, 5.74) is 1.88. The largest absolute Gasteiger partial charge is 0.354 e. The average molecular weight is 406 g/mol. The number of aromatic nitrogens is 4. The van der Waals surface area contributed by atoms with E-state index in [0.29, 0.717) is 12.5 Å². The summed E-state index contributed by atoms with van der Waals surface area (Å²) in [5, 5.41) is 4.18. The van der Waals surface area contributed by atoms with Crippen molar-refractivity contribution in [1.82, 2.24) is 29.5 Å². The number of anilines is 1. The highest BCUT2D eigenvalue weighted by atomic mass is 16.2. The van der Waals surface area contributed by atoms with Crippen molar-refractivity contribution in [3.63, 3.8) is 0 Å². The molecule has 30 heavy (non-hydrogen) atoms. The minimum absolute atomic E-state index is 0.0383. The van der Waals surface area contributed by atoms with Gasteiger partial charge in [0.1, 0.15) is 12.4 Å². The quantitative estimate of drug-likeness (QED) is 0.638. The van der Waals surface area contributed by atoms with Gasteiger partial charge in [-0.3, -0.25) is 14.5 Å². The molecule has 0 N–H and O–H groups in total. The van der Waals surface area contributed by atoms with Crippen molar-refractivity contribution in [1.29, 1.82) is 0 Å². The molecule has 2 aromatic heterocycles. The molecule has 0 spiro atoms. The Morgan fingerprint density at radius 3 is 2.77 bits per heavy atom. The van der Waals surface area contributed by atoms with E-state index in [1.54, 1.807) is 10.9 Å². The maximum Gasteiger partial charge on any atom is 0.244 e. The minimum Gasteiger partial charge on any atom is -0.354 e. The molecule has 0 bridgehead atoms. The average Bonchev–Trinajstić information content (AvgIpc) is 3.42. The number of carbonyl (C=O) groups is 1. The number of amides is 1. The number of carbonyl (C=O) groups excluding carboxylic acids is 1. The summed E-state index contributed by atoms with van der Waals surface area (Å²) in [7, 11) is 4.22. The SMILES string of the molecule is CN(C)C[C@@]12CN(C(=O)Cn3cccn3)C[C@@H]1CN(c1cnc3ccccc3n1)C2. The molecular weight excluding hydrogens is 378 g/mol. The van der Waals surface area contributed by atoms with E-state index in [-0.39, 0.29) is 11.3 Å². The van der Waals surface area contributed by atoms with Gasteiger partial charge in [0.2, 0.25) is 5.91 Å². The van der Waals surface area contributed by atoms with Crippen molar-refractivity contribution in [2.75, 3.05) is 51.7 Å². The standard InChI is InChI=1S/C22H27N7O/c1-26(2)14-22-15-27(20-10-23-18-6-3-4-7-19(18)25-20)11-17(22)12-28(16-22)21(30)13-29-9-5-8-24-29/h3-10,17H,11-16H2,1-2H3/t17-,22+/m0/s1. The van der Waals surface area contributed by atoms with Crippen molar-refractivity contribution >= 4 is 22.8 Å². The van der Waals surface area contributed by atoms with Gasteiger partial charge in [-0.25, -0.2) is 4.98 Å². The van der Waals surface area contributed by atoms with Crippen molar-refractivity contribution in [3.05, 3.63) is 48.9 Å². The minimum atomic E-state index is 0.0383. The molecule has 8 nitrogen and oxygen atoms in total. The highest BCUT2D eigenvalue weighted by Gasteiger charge is 2.53. The molecule has 3 aromatic rings. The maximum atomic E-state index is 12.9. The third-order valence-electron chi connectivity index (χ3n) is 6.36. The van der Waals surface area contributed by atoms with Gasteiger partial charge in [-0.15, -0.1) is 0 Å². The fourth-order valence-corrected chi connectivity index (χ4v) is 5.13. The number of likely N-dealkylation sites (tertiary alicyclic amines) is 1. The highest BCUT2D eigenvalue weighted by molar-refractivity contribution is 5.77. The predicted octanol–water partition coefficient (Wildman–Crippen LogP) is 1.35. The van der Waals surface area contributed by atoms with Crippen LogP contribution in [0.2, 0.25) is 0 Å². The van der Waals surface area contributed by atoms with Crippen molar-refractivity contribution < 1.29 is 4.79 Å². The lowest BCUT2D eigenvalue weighted by atomic mass is 9.80. The number of para-hydroxylation sites is 2. The molecule has 156 valence electrons. The van der Waals surface area contributed by atoms with Crippen molar-refractivity contribution in [3.8, 4) is 0 Å². The smallest absolute Gasteiger partial charge is 0.244 e. The Morgan fingerprint density at radius 2 is 2.00 bits per heavy atom. The summed E-state index contributed by atoms with van der Waals surface area (Å²) in [6, 6.07) is 9.82. The molecule has 2 saturated heterocycles. The Balaban J connectivity index is 1.36. The van der Waals surface area contributed by atoms with Crippen LogP contribution in [0.15, 0.2) is 48.9 Å². The molecule has 5 rings (SSSR count). The Morgan fingerprint density at radius 1 is 1.17 bits per heavy atom. The van der Waals surface area contributed by atoms with Gasteiger partial charge in [-0.2, -0.15) is 5.10 Å². The molecule has 0 radical (unpaired) electrons. The fourth-order valence-electron chi connectivity index (χ4n) is 5.13. The molecule has 1 amide bonds. The van der Waals surface area contributed by atoms with E-state index in [1.807, 2.05) is 47.6 Å². The molecule has 8 heteroatoms. The van der Waals surface area contributed by atoms with Crippen LogP contribution in [-0.2, 0) is 11.3 Å². The van der Waals surface area contributed by atoms with Gasteiger partial charge in [0.25, 0.3) is 0 Å². The van der Waals surface area contributed by atoms with Crippen molar-refractivity contribution in [2.24, 2.45) is 11.3 Å². The maximum absolute atomic E-state index is 12.9. The summed E-state index contributed by atoms with van der Waals surface area (Å²) < 4.78 is 1.70. The van der Waals surface area contributed by atoms with Gasteiger partial charge < -0.3 is 14.7 Å². The third kappa shape index (κ3) is 3.41. The van der Waals surface area contributed by atoms with Crippen LogP contribution in [-0.4, -0.2) is 82.3 Å². The molecule has 0 aliphatic carbocycles. The first kappa shape index (κ1) is 19.0. The topological polar surface area (TPSA) is 70.4 Å². The molecular formula is C22H27N7O. The van der Waals surface area contributed by atoms with E-state index in [0.717, 1.165) is 49.6 Å². The van der Waals surface area contributed by atoms with Gasteiger partial charge in [-0.05, 0) is 32.3 Å². The van der Waals surface area contributed by atoms with Crippen LogP contribution < -0.4 is 4.90 Å². The van der Waals surface area contributed by atoms with E-state index >= 15 is 0 Å². The molecule has 2 atom stereocenters. The Bertz CT molecular complexity index is 1050. The first-order chi connectivity index (χ1) is 14.5. The second-order valence-electron chi connectivity index (χ2n) is 8.87. The van der Waals surface area contributed by atoms with Gasteiger partial charge in [-0.1, -0.05) is 12.1 Å². The van der Waals surface area contributed by atoms with E-state index < -0.39 is 0 Å². The second-order valence-corrected chi connectivity index (χ2v) is 8.87. The van der Waals surface area contributed by atoms with Crippen molar-refractivity contribution in [2.45, 2.75) is 6.54 Å². The van der Waals surface area contributed by atoms with E-state index in [2.05, 4.69) is 34.0 Å². The van der Waals surface area contributed by atoms with Crippen LogP contribution in [0.25, 0.3) is 11.0 Å². The normalized spacial score (nSPS) is 23.5. The van der Waals surface area contributed by atoms with Gasteiger partial charge in [0.05, 0.1) is 17.2 Å². The molecule has 2 aliphatic rings. The lowest BCUT2D eigenvalue weighted by molar-refractivity contribution is -0.131. The zero-order chi connectivity index (χ0) is 20.7. The van der Waals surface area contributed by atoms with Crippen LogP contribution >= 0.6 is 0 Å². The molecule has 1 aromatic carbocycles. The summed E-state index contributed by atoms with van der Waals surface area (Å²) in [6.45, 7) is 4.58. The monoisotopic (exact) mass is 405 g/mol. The highest BCUT2D eigenvalue weighted by Crippen LogP contribution is 2.44. The molecule has 0 unspecified atom stereocenters. The fraction of sp³-hybridized carbons (Fsp3) is 0.455. The summed E-state index contributed by atoms with van der Waals surface area (Å²) in [6.07, 6.45) is 5.43. The number of hydrogen-bond acceptors (Lipinski definition) is 6. The van der Waals surface area contributed by atoms with E-state index in [4.69, 9.17) is 4.98 Å². The zero-order valence-corrected chi connectivity index (χ0v) is 17.5. The number of rotatable bonds is 5. The van der Waals surface area contributed by atoms with Crippen LogP contribution in [0.4, 0.5) is 5.82 Å². The Kier molecular flexibility index (Phi) is 4.66. The number of benzene rings is 1. The summed E-state index contributed by atoms with van der Waals surface area (Å²) in [4.78, 5) is 29.0. The molecule has 2 aliphatic heterocycles. The summed E-state index contributed by atoms with van der Waals surface area (Å²) >= 11 is 0. The Hall–Kier alpha value is -3.00.